The molecule has 10 nitrogen and oxygen atoms in total. The Morgan fingerprint density at radius 2 is 1.43 bits per heavy atom. The molecule has 0 bridgehead atoms. The summed E-state index contributed by atoms with van der Waals surface area (Å²) in [5, 5.41) is 6.36. The van der Waals surface area contributed by atoms with E-state index in [0.29, 0.717) is 91.7 Å². The lowest BCUT2D eigenvalue weighted by atomic mass is 10.1. The van der Waals surface area contributed by atoms with Crippen LogP contribution in [0.25, 0.3) is 0 Å². The zero-order valence-electron chi connectivity index (χ0n) is 26.7. The molecule has 1 aliphatic rings. The van der Waals surface area contributed by atoms with E-state index in [0.717, 1.165) is 17.9 Å². The molecule has 4 rings (SSSR count). The third-order valence-electron chi connectivity index (χ3n) is 7.09. The summed E-state index contributed by atoms with van der Waals surface area (Å²) in [6.07, 6.45) is 0.929. The molecule has 2 amide bonds. The van der Waals surface area contributed by atoms with Crippen molar-refractivity contribution in [3.05, 3.63) is 70.7 Å². The molecule has 46 heavy (non-hydrogen) atoms. The normalized spacial score (nSPS) is 12.7. The van der Waals surface area contributed by atoms with Gasteiger partial charge in [-0.2, -0.15) is 0 Å². The molecule has 246 valence electrons. The number of hydrogen-bond donors (Lipinski definition) is 2. The lowest BCUT2D eigenvalue weighted by Crippen LogP contribution is -2.48. The van der Waals surface area contributed by atoms with Crippen molar-refractivity contribution in [2.75, 3.05) is 62.8 Å². The van der Waals surface area contributed by atoms with Crippen LogP contribution in [-0.2, 0) is 0 Å². The van der Waals surface area contributed by atoms with Crippen molar-refractivity contribution >= 4 is 52.1 Å². The molecule has 1 fully saturated rings. The van der Waals surface area contributed by atoms with Gasteiger partial charge in [0, 0.05) is 43.0 Å². The molecule has 1 heterocycles. The first kappa shape index (κ1) is 34.6. The van der Waals surface area contributed by atoms with Crippen LogP contribution >= 0.6 is 23.8 Å². The molecule has 1 aliphatic heterocycles. The highest BCUT2D eigenvalue weighted by Crippen LogP contribution is 2.39. The number of nitrogens with zero attached hydrogens (tertiary/aromatic N) is 2. The number of rotatable bonds is 13. The molecule has 0 atom stereocenters. The van der Waals surface area contributed by atoms with Gasteiger partial charge in [0.1, 0.15) is 5.75 Å². The fourth-order valence-electron chi connectivity index (χ4n) is 4.95. The molecule has 0 aromatic heterocycles. The second-order valence-corrected chi connectivity index (χ2v) is 11.1. The van der Waals surface area contributed by atoms with Crippen molar-refractivity contribution < 1.29 is 28.5 Å². The van der Waals surface area contributed by atoms with Gasteiger partial charge in [-0.25, -0.2) is 0 Å². The van der Waals surface area contributed by atoms with Crippen molar-refractivity contribution in [2.24, 2.45) is 0 Å². The Bertz CT molecular complexity index is 1480. The molecule has 0 radical (unpaired) electrons. The number of amides is 2. The van der Waals surface area contributed by atoms with Gasteiger partial charge in [-0.3, -0.25) is 14.9 Å². The van der Waals surface area contributed by atoms with Crippen LogP contribution in [0.4, 0.5) is 11.4 Å². The first-order valence-corrected chi connectivity index (χ1v) is 16.3. The number of benzene rings is 3. The number of nitrogens with one attached hydrogen (secondary N) is 2. The van der Waals surface area contributed by atoms with Crippen molar-refractivity contribution in [1.29, 1.82) is 0 Å². The second-order valence-electron chi connectivity index (χ2n) is 10.3. The molecular formula is C34H41ClN4O6S. The first-order chi connectivity index (χ1) is 22.3. The highest BCUT2D eigenvalue weighted by molar-refractivity contribution is 7.80. The standard InChI is InChI=1S/C34H41ClN4O6S/c1-5-19-45-26-12-9-23(10-13-26)33(41)39-17-15-38(16-18-39)28-14-11-25(22-27(28)35)36-34(46)37-32(40)24-20-29(42-6-2)31(44-8-4)30(21-24)43-7-3/h9-14,20-22H,5-8,15-19H2,1-4H3,(H2,36,37,40,46). The molecule has 2 N–H and O–H groups in total. The molecule has 3 aromatic rings. The summed E-state index contributed by atoms with van der Waals surface area (Å²) in [5.41, 5.74) is 2.42. The van der Waals surface area contributed by atoms with Gasteiger partial charge >= 0.3 is 0 Å². The Morgan fingerprint density at radius 1 is 0.804 bits per heavy atom. The van der Waals surface area contributed by atoms with Crippen LogP contribution in [-0.4, -0.2) is 74.4 Å². The highest BCUT2D eigenvalue weighted by atomic mass is 35.5. The lowest BCUT2D eigenvalue weighted by molar-refractivity contribution is 0.0746. The van der Waals surface area contributed by atoms with E-state index in [4.69, 9.17) is 42.8 Å². The summed E-state index contributed by atoms with van der Waals surface area (Å²) in [5.74, 6) is 1.61. The average Bonchev–Trinajstić information content (AvgIpc) is 3.05. The Labute approximate surface area is 280 Å². The zero-order chi connectivity index (χ0) is 33.1. The first-order valence-electron chi connectivity index (χ1n) is 15.5. The van der Waals surface area contributed by atoms with Crippen molar-refractivity contribution in [1.82, 2.24) is 10.2 Å². The smallest absolute Gasteiger partial charge is 0.257 e. The molecule has 3 aromatic carbocycles. The molecule has 0 unspecified atom stereocenters. The highest BCUT2D eigenvalue weighted by Gasteiger charge is 2.24. The van der Waals surface area contributed by atoms with E-state index in [2.05, 4.69) is 22.5 Å². The van der Waals surface area contributed by atoms with Gasteiger partial charge in [0.05, 0.1) is 37.1 Å². The summed E-state index contributed by atoms with van der Waals surface area (Å²) in [6, 6.07) is 16.0. The number of carbonyl (C=O) groups is 2. The van der Waals surface area contributed by atoms with Crippen LogP contribution < -0.4 is 34.5 Å². The SMILES string of the molecule is CCCOc1ccc(C(=O)N2CCN(c3ccc(NC(=S)NC(=O)c4cc(OCC)c(OCC)c(OCC)c4)cc3Cl)CC2)cc1. The number of ether oxygens (including phenoxy) is 4. The van der Waals surface area contributed by atoms with E-state index in [9.17, 15) is 9.59 Å². The summed E-state index contributed by atoms with van der Waals surface area (Å²) in [4.78, 5) is 30.2. The minimum Gasteiger partial charge on any atom is -0.494 e. The van der Waals surface area contributed by atoms with E-state index < -0.39 is 5.91 Å². The Morgan fingerprint density at radius 3 is 2.00 bits per heavy atom. The predicted octanol–water partition coefficient (Wildman–Crippen LogP) is 6.41. The van der Waals surface area contributed by atoms with Crippen LogP contribution in [0.1, 0.15) is 54.8 Å². The maximum Gasteiger partial charge on any atom is 0.257 e. The monoisotopic (exact) mass is 668 g/mol. The third kappa shape index (κ3) is 8.95. The van der Waals surface area contributed by atoms with Gasteiger partial charge in [0.25, 0.3) is 11.8 Å². The van der Waals surface area contributed by atoms with Gasteiger partial charge < -0.3 is 34.1 Å². The Hall–Kier alpha value is -4.22. The number of anilines is 2. The fraction of sp³-hybridized carbons (Fsp3) is 0.382. The molecular weight excluding hydrogens is 628 g/mol. The van der Waals surface area contributed by atoms with E-state index >= 15 is 0 Å². The number of halogens is 1. The molecule has 12 heteroatoms. The quantitative estimate of drug-likeness (QED) is 0.200. The summed E-state index contributed by atoms with van der Waals surface area (Å²) >= 11 is 12.1. The van der Waals surface area contributed by atoms with Gasteiger partial charge in [-0.15, -0.1) is 0 Å². The van der Waals surface area contributed by atoms with Crippen LogP contribution in [0.15, 0.2) is 54.6 Å². The largest absolute Gasteiger partial charge is 0.494 e. The van der Waals surface area contributed by atoms with Crippen LogP contribution in [0.5, 0.6) is 23.0 Å². The maximum atomic E-state index is 13.1. The maximum absolute atomic E-state index is 13.1. The van der Waals surface area contributed by atoms with Gasteiger partial charge in [-0.1, -0.05) is 18.5 Å². The second kappa shape index (κ2) is 16.9. The summed E-state index contributed by atoms with van der Waals surface area (Å²) in [6.45, 7) is 11.9. The molecule has 0 spiro atoms. The van der Waals surface area contributed by atoms with Crippen molar-refractivity contribution in [3.63, 3.8) is 0 Å². The van der Waals surface area contributed by atoms with Crippen LogP contribution in [0, 0.1) is 0 Å². The topological polar surface area (TPSA) is 102 Å². The van der Waals surface area contributed by atoms with Crippen LogP contribution in [0.3, 0.4) is 0 Å². The van der Waals surface area contributed by atoms with Crippen molar-refractivity contribution in [2.45, 2.75) is 34.1 Å². The zero-order valence-corrected chi connectivity index (χ0v) is 28.3. The van der Waals surface area contributed by atoms with E-state index in [1.165, 1.54) is 0 Å². The molecule has 1 saturated heterocycles. The number of hydrogen-bond acceptors (Lipinski definition) is 8. The van der Waals surface area contributed by atoms with E-state index in [1.807, 2.05) is 62.1 Å². The average molecular weight is 669 g/mol. The van der Waals surface area contributed by atoms with Gasteiger partial charge in [0.15, 0.2) is 16.6 Å². The van der Waals surface area contributed by atoms with Gasteiger partial charge in [0.2, 0.25) is 5.75 Å². The number of carbonyl (C=O) groups excluding carboxylic acids is 2. The van der Waals surface area contributed by atoms with E-state index in [-0.39, 0.29) is 11.0 Å². The third-order valence-corrected chi connectivity index (χ3v) is 7.59. The van der Waals surface area contributed by atoms with Crippen LogP contribution in [0.2, 0.25) is 5.02 Å². The fourth-order valence-corrected chi connectivity index (χ4v) is 5.46. The summed E-state index contributed by atoms with van der Waals surface area (Å²) < 4.78 is 22.8. The Kier molecular flexibility index (Phi) is 12.7. The molecule has 0 aliphatic carbocycles. The minimum atomic E-state index is -0.432. The predicted molar refractivity (Wildman–Crippen MR) is 185 cm³/mol. The van der Waals surface area contributed by atoms with Gasteiger partial charge in [-0.05, 0) is 94.0 Å². The Balaban J connectivity index is 1.34. The number of thiocarbonyl (C=S) groups is 1. The van der Waals surface area contributed by atoms with E-state index in [1.54, 1.807) is 18.2 Å². The minimum absolute atomic E-state index is 0.00337. The number of piperazine rings is 1. The molecule has 0 saturated carbocycles. The van der Waals surface area contributed by atoms with Crippen molar-refractivity contribution in [3.8, 4) is 23.0 Å². The summed E-state index contributed by atoms with van der Waals surface area (Å²) in [7, 11) is 0. The lowest BCUT2D eigenvalue weighted by Gasteiger charge is -2.36.